The molecule has 1 aliphatic rings. The Morgan fingerprint density at radius 2 is 2.07 bits per heavy atom. The van der Waals surface area contributed by atoms with Gasteiger partial charge < -0.3 is 19.8 Å². The second-order valence-electron chi connectivity index (χ2n) is 6.63. The number of anilines is 1. The fourth-order valence-corrected chi connectivity index (χ4v) is 3.41. The summed E-state index contributed by atoms with van der Waals surface area (Å²) in [6.45, 7) is 3.19. The van der Waals surface area contributed by atoms with E-state index in [0.29, 0.717) is 30.1 Å². The molecular weight excluding hydrogens is 346 g/mol. The largest absolute Gasteiger partial charge is 0.495 e. The summed E-state index contributed by atoms with van der Waals surface area (Å²) in [5.74, 6) is 0.298. The first-order valence-corrected chi connectivity index (χ1v) is 8.87. The molecule has 2 N–H and O–H groups in total. The van der Waals surface area contributed by atoms with Crippen molar-refractivity contribution in [3.05, 3.63) is 36.4 Å². The molecule has 1 aromatic heterocycles. The van der Waals surface area contributed by atoms with E-state index in [1.165, 1.54) is 0 Å². The van der Waals surface area contributed by atoms with E-state index in [1.807, 2.05) is 35.2 Å². The SMILES string of the molecule is COc1cc2c(cc1NC(=O)[C@@H](C)N1CCNC(=O)C1)oc1ccccc12. The molecule has 7 nitrogen and oxygen atoms in total. The van der Waals surface area contributed by atoms with Crippen LogP contribution in [0.25, 0.3) is 21.9 Å². The van der Waals surface area contributed by atoms with Gasteiger partial charge >= 0.3 is 0 Å². The van der Waals surface area contributed by atoms with Gasteiger partial charge in [0, 0.05) is 29.9 Å². The Kier molecular flexibility index (Phi) is 4.45. The molecular formula is C20H21N3O4. The van der Waals surface area contributed by atoms with Crippen LogP contribution >= 0.6 is 0 Å². The van der Waals surface area contributed by atoms with E-state index in [-0.39, 0.29) is 18.4 Å². The summed E-state index contributed by atoms with van der Waals surface area (Å²) in [5.41, 5.74) is 2.00. The number of nitrogens with zero attached hydrogens (tertiary/aromatic N) is 1. The third-order valence-electron chi connectivity index (χ3n) is 4.95. The molecule has 0 radical (unpaired) electrons. The number of hydrogen-bond donors (Lipinski definition) is 2. The first kappa shape index (κ1) is 17.4. The average molecular weight is 367 g/mol. The van der Waals surface area contributed by atoms with E-state index in [0.717, 1.165) is 16.4 Å². The molecule has 0 bridgehead atoms. The van der Waals surface area contributed by atoms with Crippen molar-refractivity contribution in [2.45, 2.75) is 13.0 Å². The Bertz CT molecular complexity index is 1030. The molecule has 27 heavy (non-hydrogen) atoms. The molecule has 2 heterocycles. The van der Waals surface area contributed by atoms with Gasteiger partial charge in [0.15, 0.2) is 0 Å². The van der Waals surface area contributed by atoms with Gasteiger partial charge in [-0.05, 0) is 19.1 Å². The van der Waals surface area contributed by atoms with Crippen LogP contribution in [0.2, 0.25) is 0 Å². The normalized spacial score (nSPS) is 16.3. The summed E-state index contributed by atoms with van der Waals surface area (Å²) < 4.78 is 11.4. The minimum Gasteiger partial charge on any atom is -0.495 e. The van der Waals surface area contributed by atoms with E-state index in [2.05, 4.69) is 10.6 Å². The van der Waals surface area contributed by atoms with Gasteiger partial charge in [-0.25, -0.2) is 0 Å². The zero-order valence-corrected chi connectivity index (χ0v) is 15.2. The van der Waals surface area contributed by atoms with Crippen LogP contribution in [-0.2, 0) is 9.59 Å². The van der Waals surface area contributed by atoms with Crippen LogP contribution in [-0.4, -0.2) is 49.5 Å². The summed E-state index contributed by atoms with van der Waals surface area (Å²) in [6.07, 6.45) is 0. The highest BCUT2D eigenvalue weighted by Crippen LogP contribution is 2.36. The third-order valence-corrected chi connectivity index (χ3v) is 4.95. The molecule has 1 fully saturated rings. The molecule has 1 saturated heterocycles. The zero-order chi connectivity index (χ0) is 19.0. The summed E-state index contributed by atoms with van der Waals surface area (Å²) in [5, 5.41) is 7.60. The maximum Gasteiger partial charge on any atom is 0.241 e. The van der Waals surface area contributed by atoms with Crippen molar-refractivity contribution in [1.82, 2.24) is 10.2 Å². The van der Waals surface area contributed by atoms with E-state index >= 15 is 0 Å². The number of fused-ring (bicyclic) bond motifs is 3. The van der Waals surface area contributed by atoms with E-state index in [9.17, 15) is 9.59 Å². The predicted octanol–water partition coefficient (Wildman–Crippen LogP) is 2.35. The van der Waals surface area contributed by atoms with Gasteiger partial charge in [0.1, 0.15) is 16.9 Å². The summed E-state index contributed by atoms with van der Waals surface area (Å²) in [4.78, 5) is 26.1. The number of carbonyl (C=O) groups excluding carboxylic acids is 2. The lowest BCUT2D eigenvalue weighted by molar-refractivity contribution is -0.127. The van der Waals surface area contributed by atoms with E-state index in [4.69, 9.17) is 9.15 Å². The number of carbonyl (C=O) groups is 2. The van der Waals surface area contributed by atoms with Gasteiger partial charge in [-0.3, -0.25) is 14.5 Å². The number of nitrogens with one attached hydrogen (secondary N) is 2. The molecule has 2 aromatic carbocycles. The standard InChI is InChI=1S/C20H21N3O4/c1-12(23-8-7-21-19(24)11-23)20(25)22-15-10-17-14(9-18(15)26-2)13-5-3-4-6-16(13)27-17/h3-6,9-10,12H,7-8,11H2,1-2H3,(H,21,24)(H,22,25)/t12-/m1/s1. The number of amides is 2. The van der Waals surface area contributed by atoms with Crippen LogP contribution in [0, 0.1) is 0 Å². The molecule has 0 aliphatic carbocycles. The predicted molar refractivity (Wildman–Crippen MR) is 103 cm³/mol. The highest BCUT2D eigenvalue weighted by atomic mass is 16.5. The number of piperazine rings is 1. The molecule has 0 unspecified atom stereocenters. The van der Waals surface area contributed by atoms with E-state index in [1.54, 1.807) is 20.1 Å². The monoisotopic (exact) mass is 367 g/mol. The minimum absolute atomic E-state index is 0.0674. The van der Waals surface area contributed by atoms with Crippen LogP contribution in [0.4, 0.5) is 5.69 Å². The average Bonchev–Trinajstić information content (AvgIpc) is 3.04. The lowest BCUT2D eigenvalue weighted by atomic mass is 10.1. The van der Waals surface area contributed by atoms with Gasteiger partial charge in [0.05, 0.1) is 25.4 Å². The molecule has 2 amide bonds. The van der Waals surface area contributed by atoms with Gasteiger partial charge in [-0.1, -0.05) is 18.2 Å². The summed E-state index contributed by atoms with van der Waals surface area (Å²) in [6, 6.07) is 11.0. The lowest BCUT2D eigenvalue weighted by Crippen LogP contribution is -2.53. The van der Waals surface area contributed by atoms with Crippen molar-refractivity contribution in [2.75, 3.05) is 32.1 Å². The van der Waals surface area contributed by atoms with Crippen molar-refractivity contribution >= 4 is 39.4 Å². The van der Waals surface area contributed by atoms with Gasteiger partial charge in [0.25, 0.3) is 0 Å². The maximum atomic E-state index is 12.7. The molecule has 3 aromatic rings. The van der Waals surface area contributed by atoms with Crippen molar-refractivity contribution in [3.8, 4) is 5.75 Å². The highest BCUT2D eigenvalue weighted by Gasteiger charge is 2.26. The van der Waals surface area contributed by atoms with Crippen molar-refractivity contribution in [2.24, 2.45) is 0 Å². The minimum atomic E-state index is -0.438. The summed E-state index contributed by atoms with van der Waals surface area (Å²) in [7, 11) is 1.57. The molecule has 1 atom stereocenters. The van der Waals surface area contributed by atoms with E-state index < -0.39 is 6.04 Å². The number of rotatable bonds is 4. The second-order valence-corrected chi connectivity index (χ2v) is 6.63. The fraction of sp³-hybridized carbons (Fsp3) is 0.300. The van der Waals surface area contributed by atoms with Gasteiger partial charge in [-0.2, -0.15) is 0 Å². The maximum absolute atomic E-state index is 12.7. The molecule has 4 rings (SSSR count). The van der Waals surface area contributed by atoms with Crippen LogP contribution in [0.1, 0.15) is 6.92 Å². The van der Waals surface area contributed by atoms with Crippen LogP contribution in [0.15, 0.2) is 40.8 Å². The Hall–Kier alpha value is -3.06. The summed E-state index contributed by atoms with van der Waals surface area (Å²) >= 11 is 0. The number of methoxy groups -OCH3 is 1. The molecule has 0 saturated carbocycles. The quantitative estimate of drug-likeness (QED) is 0.740. The Labute approximate surface area is 156 Å². The lowest BCUT2D eigenvalue weighted by Gasteiger charge is -2.31. The fourth-order valence-electron chi connectivity index (χ4n) is 3.41. The molecule has 0 spiro atoms. The van der Waals surface area contributed by atoms with Crippen LogP contribution < -0.4 is 15.4 Å². The van der Waals surface area contributed by atoms with Gasteiger partial charge in [0.2, 0.25) is 11.8 Å². The van der Waals surface area contributed by atoms with Crippen LogP contribution in [0.3, 0.4) is 0 Å². The second kappa shape index (κ2) is 6.92. The number of para-hydroxylation sites is 1. The molecule has 140 valence electrons. The Morgan fingerprint density at radius 1 is 1.26 bits per heavy atom. The third kappa shape index (κ3) is 3.21. The van der Waals surface area contributed by atoms with Crippen molar-refractivity contribution < 1.29 is 18.7 Å². The van der Waals surface area contributed by atoms with Crippen molar-refractivity contribution in [3.63, 3.8) is 0 Å². The molecule has 7 heteroatoms. The highest BCUT2D eigenvalue weighted by molar-refractivity contribution is 6.08. The smallest absolute Gasteiger partial charge is 0.241 e. The van der Waals surface area contributed by atoms with Gasteiger partial charge in [-0.15, -0.1) is 0 Å². The first-order chi connectivity index (χ1) is 13.1. The number of benzene rings is 2. The topological polar surface area (TPSA) is 83.8 Å². The Morgan fingerprint density at radius 3 is 2.85 bits per heavy atom. The molecule has 1 aliphatic heterocycles. The first-order valence-electron chi connectivity index (χ1n) is 8.87. The number of furan rings is 1. The number of hydrogen-bond acceptors (Lipinski definition) is 5. The number of ether oxygens (including phenoxy) is 1. The van der Waals surface area contributed by atoms with Crippen LogP contribution in [0.5, 0.6) is 5.75 Å². The zero-order valence-electron chi connectivity index (χ0n) is 15.2. The van der Waals surface area contributed by atoms with Crippen molar-refractivity contribution in [1.29, 1.82) is 0 Å². The Balaban J connectivity index is 1.63.